The van der Waals surface area contributed by atoms with Crippen molar-refractivity contribution in [3.05, 3.63) is 35.5 Å². The SMILES string of the molecule is Cn1nc(-c2cc(C(F)(F)F)c(F)c(O)c2F)c2cnc(N3CCCC34COC4)cc21. The lowest BCUT2D eigenvalue weighted by atomic mass is 9.94. The van der Waals surface area contributed by atoms with Gasteiger partial charge in [0.05, 0.1) is 29.8 Å². The molecule has 2 aromatic heterocycles. The number of phenolic OH excluding ortho intramolecular Hbond substituents is 1. The number of rotatable bonds is 2. The summed E-state index contributed by atoms with van der Waals surface area (Å²) in [5.74, 6) is -4.60. The fourth-order valence-electron chi connectivity index (χ4n) is 4.42. The third-order valence-corrected chi connectivity index (χ3v) is 6.07. The summed E-state index contributed by atoms with van der Waals surface area (Å²) in [6.45, 7) is 2.00. The number of hydrogen-bond acceptors (Lipinski definition) is 5. The molecule has 0 atom stereocenters. The molecule has 164 valence electrons. The van der Waals surface area contributed by atoms with Crippen LogP contribution in [0.2, 0.25) is 0 Å². The highest BCUT2D eigenvalue weighted by Gasteiger charge is 2.48. The van der Waals surface area contributed by atoms with Gasteiger partial charge in [0.15, 0.2) is 17.4 Å². The zero-order valence-electron chi connectivity index (χ0n) is 16.3. The van der Waals surface area contributed by atoms with Gasteiger partial charge in [-0.05, 0) is 18.9 Å². The Bertz CT molecular complexity index is 1200. The molecule has 1 aromatic carbocycles. The molecule has 2 aliphatic heterocycles. The fraction of sp³-hybridized carbons (Fsp3) is 0.400. The number of nitrogens with zero attached hydrogens (tertiary/aromatic N) is 4. The lowest BCUT2D eigenvalue weighted by Crippen LogP contribution is -2.59. The molecule has 4 heterocycles. The average Bonchev–Trinajstić information content (AvgIpc) is 3.27. The van der Waals surface area contributed by atoms with E-state index in [1.165, 1.54) is 10.9 Å². The molecule has 0 unspecified atom stereocenters. The van der Waals surface area contributed by atoms with E-state index in [0.717, 1.165) is 19.4 Å². The van der Waals surface area contributed by atoms with Crippen LogP contribution in [0.3, 0.4) is 0 Å². The number of hydrogen-bond donors (Lipinski definition) is 1. The Morgan fingerprint density at radius 3 is 2.55 bits per heavy atom. The molecule has 2 aliphatic rings. The highest BCUT2D eigenvalue weighted by atomic mass is 19.4. The molecular formula is C20H17F5N4O2. The number of phenols is 1. The largest absolute Gasteiger partial charge is 0.503 e. The van der Waals surface area contributed by atoms with Crippen molar-refractivity contribution in [2.75, 3.05) is 24.7 Å². The minimum atomic E-state index is -5.12. The average molecular weight is 440 g/mol. The predicted octanol–water partition coefficient (Wildman–Crippen LogP) is 4.01. The molecule has 6 nitrogen and oxygen atoms in total. The van der Waals surface area contributed by atoms with Gasteiger partial charge in [-0.3, -0.25) is 4.68 Å². The second kappa shape index (κ2) is 6.52. The van der Waals surface area contributed by atoms with Crippen LogP contribution >= 0.6 is 0 Å². The van der Waals surface area contributed by atoms with Crippen LogP contribution in [0.4, 0.5) is 27.8 Å². The van der Waals surface area contributed by atoms with Crippen LogP contribution in [-0.2, 0) is 18.0 Å². The van der Waals surface area contributed by atoms with E-state index >= 15 is 0 Å². The van der Waals surface area contributed by atoms with E-state index in [1.54, 1.807) is 13.1 Å². The topological polar surface area (TPSA) is 63.4 Å². The first-order valence-corrected chi connectivity index (χ1v) is 9.59. The number of alkyl halides is 3. The molecule has 0 saturated carbocycles. The number of pyridine rings is 1. The Morgan fingerprint density at radius 1 is 1.16 bits per heavy atom. The van der Waals surface area contributed by atoms with Gasteiger partial charge in [0.25, 0.3) is 0 Å². The Morgan fingerprint density at radius 2 is 1.90 bits per heavy atom. The molecule has 2 saturated heterocycles. The Labute approximate surface area is 172 Å². The Kier molecular flexibility index (Phi) is 4.20. The van der Waals surface area contributed by atoms with Crippen LogP contribution < -0.4 is 4.90 Å². The van der Waals surface area contributed by atoms with Gasteiger partial charge >= 0.3 is 6.18 Å². The standard InChI is InChI=1S/C20H17F5N4O2/c1-28-13-6-14(29-4-2-3-19(29)8-31-9-19)26-7-11(13)17(27-28)10-5-12(20(23,24)25)16(22)18(30)15(10)21/h5-7,30H,2-4,8-9H2,1H3. The van der Waals surface area contributed by atoms with Crippen molar-refractivity contribution in [1.82, 2.24) is 14.8 Å². The number of ether oxygens (including phenoxy) is 1. The van der Waals surface area contributed by atoms with Crippen molar-refractivity contribution >= 4 is 16.7 Å². The molecule has 0 bridgehead atoms. The van der Waals surface area contributed by atoms with Crippen molar-refractivity contribution in [3.8, 4) is 17.0 Å². The minimum absolute atomic E-state index is 0.0986. The van der Waals surface area contributed by atoms with E-state index in [1.807, 2.05) is 0 Å². The molecule has 2 fully saturated rings. The van der Waals surface area contributed by atoms with Gasteiger partial charge in [0, 0.05) is 36.8 Å². The first-order valence-electron chi connectivity index (χ1n) is 9.59. The second-order valence-electron chi connectivity index (χ2n) is 7.95. The van der Waals surface area contributed by atoms with Gasteiger partial charge in [0.1, 0.15) is 11.5 Å². The molecule has 3 aromatic rings. The number of anilines is 1. The molecule has 0 aliphatic carbocycles. The fourth-order valence-corrected chi connectivity index (χ4v) is 4.42. The molecule has 11 heteroatoms. The number of halogens is 5. The Balaban J connectivity index is 1.65. The van der Waals surface area contributed by atoms with E-state index < -0.39 is 34.7 Å². The maximum absolute atomic E-state index is 14.6. The summed E-state index contributed by atoms with van der Waals surface area (Å²) in [5, 5.41) is 14.1. The van der Waals surface area contributed by atoms with Crippen LogP contribution in [0, 0.1) is 11.6 Å². The van der Waals surface area contributed by atoms with Gasteiger partial charge in [0.2, 0.25) is 0 Å². The van der Waals surface area contributed by atoms with Gasteiger partial charge < -0.3 is 14.7 Å². The van der Waals surface area contributed by atoms with Crippen molar-refractivity contribution in [2.45, 2.75) is 24.6 Å². The summed E-state index contributed by atoms with van der Waals surface area (Å²) in [4.78, 5) is 6.59. The zero-order valence-corrected chi connectivity index (χ0v) is 16.3. The van der Waals surface area contributed by atoms with Crippen LogP contribution in [0.5, 0.6) is 5.75 Å². The third-order valence-electron chi connectivity index (χ3n) is 6.07. The van der Waals surface area contributed by atoms with E-state index in [2.05, 4.69) is 15.0 Å². The second-order valence-corrected chi connectivity index (χ2v) is 7.95. The van der Waals surface area contributed by atoms with Crippen LogP contribution in [-0.4, -0.2) is 45.2 Å². The van der Waals surface area contributed by atoms with Crippen molar-refractivity contribution in [3.63, 3.8) is 0 Å². The van der Waals surface area contributed by atoms with E-state index in [4.69, 9.17) is 4.74 Å². The van der Waals surface area contributed by atoms with Crippen molar-refractivity contribution < 1.29 is 31.8 Å². The normalized spacial score (nSPS) is 18.2. The monoisotopic (exact) mass is 440 g/mol. The lowest BCUT2D eigenvalue weighted by Gasteiger charge is -2.45. The molecule has 0 amide bonds. The van der Waals surface area contributed by atoms with Gasteiger partial charge in [-0.15, -0.1) is 0 Å². The van der Waals surface area contributed by atoms with Crippen LogP contribution in [0.1, 0.15) is 18.4 Å². The number of fused-ring (bicyclic) bond motifs is 1. The first kappa shape index (κ1) is 20.0. The van der Waals surface area contributed by atoms with E-state index in [9.17, 15) is 27.1 Å². The van der Waals surface area contributed by atoms with E-state index in [-0.39, 0.29) is 16.6 Å². The summed E-state index contributed by atoms with van der Waals surface area (Å²) in [5.41, 5.74) is -2.18. The number of benzene rings is 1. The first-order chi connectivity index (χ1) is 14.6. The number of aromatic hydroxyl groups is 1. The predicted molar refractivity (Wildman–Crippen MR) is 101 cm³/mol. The van der Waals surface area contributed by atoms with Gasteiger partial charge in [-0.25, -0.2) is 13.8 Å². The number of aromatic nitrogens is 3. The zero-order chi connectivity index (χ0) is 22.1. The quantitative estimate of drug-likeness (QED) is 0.611. The van der Waals surface area contributed by atoms with Crippen LogP contribution in [0.25, 0.3) is 22.2 Å². The minimum Gasteiger partial charge on any atom is -0.503 e. The summed E-state index contributed by atoms with van der Waals surface area (Å²) >= 11 is 0. The maximum Gasteiger partial charge on any atom is 0.419 e. The molecule has 0 radical (unpaired) electrons. The third kappa shape index (κ3) is 2.86. The molecule has 1 spiro atoms. The summed E-state index contributed by atoms with van der Waals surface area (Å²) in [6, 6.07) is 2.06. The smallest absolute Gasteiger partial charge is 0.419 e. The summed E-state index contributed by atoms with van der Waals surface area (Å²) in [7, 11) is 1.56. The lowest BCUT2D eigenvalue weighted by molar-refractivity contribution is -0.140. The Hall–Kier alpha value is -2.95. The highest BCUT2D eigenvalue weighted by Crippen LogP contribution is 2.43. The van der Waals surface area contributed by atoms with Crippen LogP contribution in [0.15, 0.2) is 18.3 Å². The highest BCUT2D eigenvalue weighted by molar-refractivity contribution is 5.94. The van der Waals surface area contributed by atoms with Crippen molar-refractivity contribution in [2.24, 2.45) is 7.05 Å². The van der Waals surface area contributed by atoms with Crippen molar-refractivity contribution in [1.29, 1.82) is 0 Å². The summed E-state index contributed by atoms with van der Waals surface area (Å²) in [6.07, 6.45) is -1.75. The van der Waals surface area contributed by atoms with Gasteiger partial charge in [-0.2, -0.15) is 18.3 Å². The number of aryl methyl sites for hydroxylation is 1. The molecule has 1 N–H and O–H groups in total. The molecule has 5 rings (SSSR count). The molecule has 31 heavy (non-hydrogen) atoms. The summed E-state index contributed by atoms with van der Waals surface area (Å²) < 4.78 is 74.8. The van der Waals surface area contributed by atoms with Gasteiger partial charge in [-0.1, -0.05) is 0 Å². The maximum atomic E-state index is 14.6. The van der Waals surface area contributed by atoms with E-state index in [0.29, 0.717) is 30.6 Å². The molecular weight excluding hydrogens is 423 g/mol.